The number of nitrogens with zero attached hydrogens (tertiary/aromatic N) is 4. The molecule has 190 valence electrons. The zero-order chi connectivity index (χ0) is 25.7. The van der Waals surface area contributed by atoms with Gasteiger partial charge in [-0.2, -0.15) is 0 Å². The Labute approximate surface area is 223 Å². The fraction of sp³-hybridized carbons (Fsp3) is 0.333. The minimum absolute atomic E-state index is 0.190. The Morgan fingerprint density at radius 2 is 1.92 bits per heavy atom. The van der Waals surface area contributed by atoms with Gasteiger partial charge in [-0.1, -0.05) is 43.0 Å². The van der Waals surface area contributed by atoms with Crippen LogP contribution in [0.4, 0.5) is 5.82 Å². The van der Waals surface area contributed by atoms with Gasteiger partial charge in [-0.3, -0.25) is 18.9 Å². The SMILES string of the molecule is Cc1ccc2nc(N3CCC(C)CC3)c(/C=C3\SC(=S)N(Cc4ccc5c(c4)OCO5)C3=O)c(=O)n2c1. The first kappa shape index (κ1) is 24.0. The smallest absolute Gasteiger partial charge is 0.267 e. The zero-order valence-corrected chi connectivity index (χ0v) is 22.2. The molecule has 5 heterocycles. The third kappa shape index (κ3) is 4.48. The van der Waals surface area contributed by atoms with Crippen LogP contribution in [0.1, 0.15) is 36.5 Å². The van der Waals surface area contributed by atoms with Crippen molar-refractivity contribution in [2.75, 3.05) is 24.8 Å². The van der Waals surface area contributed by atoms with Gasteiger partial charge < -0.3 is 14.4 Å². The maximum Gasteiger partial charge on any atom is 0.267 e. The van der Waals surface area contributed by atoms with Crippen molar-refractivity contribution in [3.63, 3.8) is 0 Å². The van der Waals surface area contributed by atoms with Gasteiger partial charge in [-0.05, 0) is 61.1 Å². The number of thioether (sulfide) groups is 1. The Balaban J connectivity index is 1.37. The summed E-state index contributed by atoms with van der Waals surface area (Å²) in [5.41, 5.74) is 2.66. The molecule has 0 atom stereocenters. The minimum Gasteiger partial charge on any atom is -0.454 e. The molecule has 2 saturated heterocycles. The normalized spacial score (nSPS) is 19.0. The highest BCUT2D eigenvalue weighted by Crippen LogP contribution is 2.37. The van der Waals surface area contributed by atoms with E-state index in [1.54, 1.807) is 21.6 Å². The van der Waals surface area contributed by atoms with Gasteiger partial charge in [0, 0.05) is 19.3 Å². The number of carbonyl (C=O) groups is 1. The van der Waals surface area contributed by atoms with Crippen molar-refractivity contribution in [2.45, 2.75) is 33.2 Å². The molecular weight excluding hydrogens is 508 g/mol. The number of benzene rings is 1. The van der Waals surface area contributed by atoms with Crippen molar-refractivity contribution >= 4 is 51.7 Å². The summed E-state index contributed by atoms with van der Waals surface area (Å²) < 4.78 is 12.9. The Kier molecular flexibility index (Phi) is 6.16. The van der Waals surface area contributed by atoms with Gasteiger partial charge in [0.15, 0.2) is 11.5 Å². The maximum atomic E-state index is 13.7. The number of carbonyl (C=O) groups excluding carboxylic acids is 1. The third-order valence-corrected chi connectivity index (χ3v) is 8.37. The van der Waals surface area contributed by atoms with Crippen LogP contribution in [-0.4, -0.2) is 44.4 Å². The van der Waals surface area contributed by atoms with Crippen LogP contribution in [-0.2, 0) is 11.3 Å². The number of hydrogen-bond acceptors (Lipinski definition) is 8. The minimum atomic E-state index is -0.223. The van der Waals surface area contributed by atoms with Gasteiger partial charge in [-0.15, -0.1) is 0 Å². The average Bonchev–Trinajstić information content (AvgIpc) is 3.46. The molecule has 0 N–H and O–H groups in total. The van der Waals surface area contributed by atoms with Crippen LogP contribution in [0.15, 0.2) is 46.2 Å². The molecule has 0 bridgehead atoms. The lowest BCUT2D eigenvalue weighted by Gasteiger charge is -2.32. The van der Waals surface area contributed by atoms with Gasteiger partial charge in [-0.25, -0.2) is 4.98 Å². The molecule has 10 heteroatoms. The number of hydrogen-bond donors (Lipinski definition) is 0. The number of fused-ring (bicyclic) bond motifs is 2. The van der Waals surface area contributed by atoms with E-state index in [4.69, 9.17) is 26.7 Å². The van der Waals surface area contributed by atoms with Crippen LogP contribution in [0.5, 0.6) is 11.5 Å². The molecule has 1 aromatic carbocycles. The van der Waals surface area contributed by atoms with Crippen molar-refractivity contribution in [1.29, 1.82) is 0 Å². The number of aromatic nitrogens is 2. The number of ether oxygens (including phenoxy) is 2. The van der Waals surface area contributed by atoms with Gasteiger partial charge in [0.05, 0.1) is 17.0 Å². The zero-order valence-electron chi connectivity index (χ0n) is 20.6. The van der Waals surface area contributed by atoms with Gasteiger partial charge in [0.2, 0.25) is 6.79 Å². The van der Waals surface area contributed by atoms with Crippen LogP contribution in [0.2, 0.25) is 0 Å². The summed E-state index contributed by atoms with van der Waals surface area (Å²) in [7, 11) is 0. The average molecular weight is 535 g/mol. The Morgan fingerprint density at radius 3 is 2.73 bits per heavy atom. The Bertz CT molecular complexity index is 1520. The van der Waals surface area contributed by atoms with Crippen LogP contribution < -0.4 is 19.9 Å². The predicted octanol–water partition coefficient (Wildman–Crippen LogP) is 4.37. The van der Waals surface area contributed by atoms with E-state index in [-0.39, 0.29) is 18.3 Å². The summed E-state index contributed by atoms with van der Waals surface area (Å²) in [4.78, 5) is 36.2. The molecule has 0 aliphatic carbocycles. The van der Waals surface area contributed by atoms with Crippen LogP contribution in [0.25, 0.3) is 11.7 Å². The summed E-state index contributed by atoms with van der Waals surface area (Å²) in [6, 6.07) is 9.40. The quantitative estimate of drug-likeness (QED) is 0.361. The number of amides is 1. The molecule has 3 aliphatic heterocycles. The van der Waals surface area contributed by atoms with Gasteiger partial charge >= 0.3 is 0 Å². The lowest BCUT2D eigenvalue weighted by atomic mass is 9.99. The number of pyridine rings is 1. The van der Waals surface area contributed by atoms with E-state index in [2.05, 4.69) is 11.8 Å². The maximum absolute atomic E-state index is 13.7. The summed E-state index contributed by atoms with van der Waals surface area (Å²) >= 11 is 6.78. The molecule has 0 saturated carbocycles. The van der Waals surface area contributed by atoms with Crippen LogP contribution in [0.3, 0.4) is 0 Å². The number of rotatable bonds is 4. The molecule has 0 unspecified atom stereocenters. The first-order chi connectivity index (χ1) is 17.9. The van der Waals surface area contributed by atoms with Crippen LogP contribution >= 0.6 is 24.0 Å². The summed E-state index contributed by atoms with van der Waals surface area (Å²) in [5, 5.41) is 0. The third-order valence-electron chi connectivity index (χ3n) is 7.00. The highest BCUT2D eigenvalue weighted by Gasteiger charge is 2.33. The second-order valence-corrected chi connectivity index (χ2v) is 11.4. The molecule has 0 radical (unpaired) electrons. The molecule has 3 aromatic rings. The lowest BCUT2D eigenvalue weighted by Crippen LogP contribution is -2.36. The fourth-order valence-electron chi connectivity index (χ4n) is 4.82. The molecular formula is C27H26N4O4S2. The van der Waals surface area contributed by atoms with Crippen molar-refractivity contribution in [3.8, 4) is 11.5 Å². The van der Waals surface area contributed by atoms with E-state index >= 15 is 0 Å². The predicted molar refractivity (Wildman–Crippen MR) is 148 cm³/mol. The second kappa shape index (κ2) is 9.50. The lowest BCUT2D eigenvalue weighted by molar-refractivity contribution is -0.122. The van der Waals surface area contributed by atoms with Crippen molar-refractivity contribution in [1.82, 2.24) is 14.3 Å². The van der Waals surface area contributed by atoms with E-state index in [0.29, 0.717) is 50.2 Å². The summed E-state index contributed by atoms with van der Waals surface area (Å²) in [5.74, 6) is 2.38. The molecule has 8 nitrogen and oxygen atoms in total. The molecule has 2 fully saturated rings. The highest BCUT2D eigenvalue weighted by atomic mass is 32.2. The van der Waals surface area contributed by atoms with Gasteiger partial charge in [0.1, 0.15) is 15.8 Å². The number of anilines is 1. The van der Waals surface area contributed by atoms with Crippen molar-refractivity contribution in [3.05, 3.63) is 68.5 Å². The highest BCUT2D eigenvalue weighted by molar-refractivity contribution is 8.26. The standard InChI is InChI=1S/C27H26N4O4S2/c1-16-7-9-29(10-8-16)24-19(25(32)30-13-17(2)3-6-23(30)28-24)12-22-26(33)31(27(36)37-22)14-18-4-5-20-21(11-18)35-15-34-20/h3-6,11-13,16H,7-10,14-15H2,1-2H3/b22-12-. The van der Waals surface area contributed by atoms with E-state index in [0.717, 1.165) is 37.1 Å². The monoisotopic (exact) mass is 534 g/mol. The Morgan fingerprint density at radius 1 is 1.14 bits per heavy atom. The van der Waals surface area contributed by atoms with E-state index in [1.807, 2.05) is 37.3 Å². The Hall–Kier alpha value is -3.37. The first-order valence-electron chi connectivity index (χ1n) is 12.3. The van der Waals surface area contributed by atoms with Crippen molar-refractivity contribution in [2.24, 2.45) is 5.92 Å². The fourth-order valence-corrected chi connectivity index (χ4v) is 6.06. The largest absolute Gasteiger partial charge is 0.454 e. The van der Waals surface area contributed by atoms with Crippen LogP contribution in [0, 0.1) is 12.8 Å². The summed E-state index contributed by atoms with van der Waals surface area (Å²) in [6.07, 6.45) is 5.53. The van der Waals surface area contributed by atoms with E-state index in [9.17, 15) is 9.59 Å². The molecule has 1 amide bonds. The molecule has 37 heavy (non-hydrogen) atoms. The molecule has 6 rings (SSSR count). The second-order valence-electron chi connectivity index (χ2n) is 9.71. The first-order valence-corrected chi connectivity index (χ1v) is 13.5. The molecule has 3 aliphatic rings. The molecule has 0 spiro atoms. The topological polar surface area (TPSA) is 76.4 Å². The molecule has 2 aromatic heterocycles. The van der Waals surface area contributed by atoms with Gasteiger partial charge in [0.25, 0.3) is 11.5 Å². The number of aryl methyl sites for hydroxylation is 1. The van der Waals surface area contributed by atoms with Crippen molar-refractivity contribution < 1.29 is 14.3 Å². The van der Waals surface area contributed by atoms with E-state index in [1.165, 1.54) is 11.8 Å². The number of thiocarbonyl (C=S) groups is 1. The number of piperidine rings is 1. The van der Waals surface area contributed by atoms with E-state index < -0.39 is 0 Å². The summed E-state index contributed by atoms with van der Waals surface area (Å²) in [6.45, 7) is 6.32.